The Morgan fingerprint density at radius 1 is 0.946 bits per heavy atom. The first-order chi connectivity index (χ1) is 17.9. The minimum absolute atomic E-state index is 0.0917. The van der Waals surface area contributed by atoms with Crippen LogP contribution in [0.3, 0.4) is 0 Å². The summed E-state index contributed by atoms with van der Waals surface area (Å²) < 4.78 is 22.4. The van der Waals surface area contributed by atoms with E-state index in [1.54, 1.807) is 30.3 Å². The van der Waals surface area contributed by atoms with Crippen LogP contribution in [0.25, 0.3) is 6.08 Å². The molecule has 0 spiro atoms. The molecule has 1 N–H and O–H groups in total. The number of ether oxygens (including phenoxy) is 3. The number of urea groups is 1. The molecule has 0 atom stereocenters. The molecule has 192 valence electrons. The van der Waals surface area contributed by atoms with E-state index >= 15 is 0 Å². The summed E-state index contributed by atoms with van der Waals surface area (Å²) in [6, 6.07) is 13.6. The highest BCUT2D eigenvalue weighted by Crippen LogP contribution is 2.30. The van der Waals surface area contributed by atoms with Crippen molar-refractivity contribution in [3.8, 4) is 17.2 Å². The second kappa shape index (κ2) is 11.5. The van der Waals surface area contributed by atoms with Gasteiger partial charge < -0.3 is 18.6 Å². The summed E-state index contributed by atoms with van der Waals surface area (Å²) in [4.78, 5) is 38.4. The molecule has 2 aromatic carbocycles. The lowest BCUT2D eigenvalue weighted by molar-refractivity contribution is -0.130. The molecule has 3 aromatic rings. The Bertz CT molecular complexity index is 1330. The summed E-state index contributed by atoms with van der Waals surface area (Å²) in [6.45, 7) is 4.85. The molecule has 37 heavy (non-hydrogen) atoms. The van der Waals surface area contributed by atoms with Crippen molar-refractivity contribution in [3.63, 3.8) is 0 Å². The zero-order valence-corrected chi connectivity index (χ0v) is 20.9. The topological polar surface area (TPSA) is 107 Å². The van der Waals surface area contributed by atoms with Gasteiger partial charge in [-0.25, -0.2) is 4.79 Å². The van der Waals surface area contributed by atoms with E-state index in [4.69, 9.17) is 18.6 Å². The molecular weight excluding hydrogens is 476 g/mol. The van der Waals surface area contributed by atoms with Crippen molar-refractivity contribution in [1.82, 2.24) is 10.2 Å². The third-order valence-corrected chi connectivity index (χ3v) is 5.73. The molecule has 0 radical (unpaired) electrons. The number of nitrogens with zero attached hydrogens (tertiary/aromatic N) is 1. The Kier molecular flexibility index (Phi) is 7.92. The van der Waals surface area contributed by atoms with E-state index in [0.717, 1.165) is 21.8 Å². The van der Waals surface area contributed by atoms with Crippen LogP contribution in [0.4, 0.5) is 4.79 Å². The third kappa shape index (κ3) is 6.19. The van der Waals surface area contributed by atoms with Gasteiger partial charge in [0.05, 0.1) is 33.1 Å². The number of carbonyl (C=O) groups excluding carboxylic acids is 3. The highest BCUT2D eigenvalue weighted by Gasteiger charge is 2.36. The average molecular weight is 505 g/mol. The van der Waals surface area contributed by atoms with E-state index in [1.165, 1.54) is 19.4 Å². The monoisotopic (exact) mass is 504 g/mol. The predicted octanol–water partition coefficient (Wildman–Crippen LogP) is 4.41. The highest BCUT2D eigenvalue weighted by molar-refractivity contribution is 6.30. The van der Waals surface area contributed by atoms with Crippen LogP contribution >= 0.6 is 0 Å². The highest BCUT2D eigenvalue weighted by atomic mass is 16.5. The number of barbiturate groups is 1. The number of methoxy groups -OCH3 is 1. The molecular formula is C28H28N2O7. The second-order valence-electron chi connectivity index (χ2n) is 8.52. The molecule has 2 heterocycles. The lowest BCUT2D eigenvalue weighted by atomic mass is 10.1. The number of benzene rings is 2. The number of aryl methyl sites for hydroxylation is 2. The lowest BCUT2D eigenvalue weighted by Gasteiger charge is -2.25. The van der Waals surface area contributed by atoms with Crippen LogP contribution in [0.2, 0.25) is 0 Å². The van der Waals surface area contributed by atoms with Gasteiger partial charge in [0.2, 0.25) is 0 Å². The van der Waals surface area contributed by atoms with Crippen molar-refractivity contribution in [3.05, 3.63) is 82.8 Å². The maximum absolute atomic E-state index is 12.9. The van der Waals surface area contributed by atoms with Crippen LogP contribution in [0.15, 0.2) is 64.8 Å². The van der Waals surface area contributed by atoms with Crippen molar-refractivity contribution in [2.24, 2.45) is 0 Å². The first kappa shape index (κ1) is 25.6. The van der Waals surface area contributed by atoms with Crippen LogP contribution in [0.1, 0.15) is 28.9 Å². The molecule has 0 unspecified atom stereocenters. The van der Waals surface area contributed by atoms with Gasteiger partial charge in [0, 0.05) is 6.42 Å². The molecule has 0 aliphatic carbocycles. The number of nitrogens with one attached hydrogen (secondary N) is 1. The van der Waals surface area contributed by atoms with Gasteiger partial charge in [-0.15, -0.1) is 0 Å². The number of rotatable bonds is 10. The molecule has 0 saturated carbocycles. The normalized spacial score (nSPS) is 14.6. The number of furan rings is 1. The third-order valence-electron chi connectivity index (χ3n) is 5.73. The Labute approximate surface area is 214 Å². The minimum atomic E-state index is -0.800. The number of carbonyl (C=O) groups is 3. The number of hydrogen-bond donors (Lipinski definition) is 1. The second-order valence-corrected chi connectivity index (χ2v) is 8.52. The fraction of sp³-hybridized carbons (Fsp3) is 0.250. The van der Waals surface area contributed by atoms with Crippen molar-refractivity contribution in [2.75, 3.05) is 20.3 Å². The summed E-state index contributed by atoms with van der Waals surface area (Å²) in [5.74, 6) is 0.755. The molecule has 1 aromatic heterocycles. The van der Waals surface area contributed by atoms with Crippen molar-refractivity contribution < 1.29 is 33.0 Å². The van der Waals surface area contributed by atoms with Gasteiger partial charge in [-0.05, 0) is 66.9 Å². The standard InChI is InChI=1S/C28H28N2O7/c1-18-7-8-19(2)24(14-18)37-13-5-12-36-23-10-9-20(16-25(23)34-3)15-22-26(31)29-28(33)30(27(22)32)17-21-6-4-11-35-21/h4,6-11,14-16H,5,12-13,17H2,1-3H3,(H,29,31,33)/b22-15-. The van der Waals surface area contributed by atoms with Gasteiger partial charge in [0.1, 0.15) is 17.1 Å². The maximum Gasteiger partial charge on any atom is 0.331 e. The fourth-order valence-electron chi connectivity index (χ4n) is 3.74. The summed E-state index contributed by atoms with van der Waals surface area (Å²) in [5.41, 5.74) is 2.58. The van der Waals surface area contributed by atoms with Crippen LogP contribution in [-0.4, -0.2) is 43.1 Å². The molecule has 1 aliphatic rings. The Morgan fingerprint density at radius 3 is 2.46 bits per heavy atom. The average Bonchev–Trinajstić information content (AvgIpc) is 3.40. The van der Waals surface area contributed by atoms with E-state index < -0.39 is 17.8 Å². The molecule has 1 aliphatic heterocycles. The first-order valence-electron chi connectivity index (χ1n) is 11.8. The lowest BCUT2D eigenvalue weighted by Crippen LogP contribution is -2.53. The van der Waals surface area contributed by atoms with Gasteiger partial charge in [-0.1, -0.05) is 18.2 Å². The van der Waals surface area contributed by atoms with Crippen molar-refractivity contribution >= 4 is 23.9 Å². The first-order valence-corrected chi connectivity index (χ1v) is 11.8. The predicted molar refractivity (Wildman–Crippen MR) is 135 cm³/mol. The number of hydrogen-bond acceptors (Lipinski definition) is 7. The Balaban J connectivity index is 1.39. The van der Waals surface area contributed by atoms with E-state index in [9.17, 15) is 14.4 Å². The zero-order valence-electron chi connectivity index (χ0n) is 20.9. The summed E-state index contributed by atoms with van der Waals surface area (Å²) in [7, 11) is 1.50. The van der Waals surface area contributed by atoms with Crippen LogP contribution in [0, 0.1) is 13.8 Å². The van der Waals surface area contributed by atoms with Crippen molar-refractivity contribution in [2.45, 2.75) is 26.8 Å². The Morgan fingerprint density at radius 2 is 1.73 bits per heavy atom. The molecule has 9 heteroatoms. The van der Waals surface area contributed by atoms with Gasteiger partial charge in [0.15, 0.2) is 11.5 Å². The largest absolute Gasteiger partial charge is 0.493 e. The van der Waals surface area contributed by atoms with Gasteiger partial charge >= 0.3 is 6.03 Å². The SMILES string of the molecule is COc1cc(/C=C2/C(=O)NC(=O)N(Cc3ccco3)C2=O)ccc1OCCCOc1cc(C)ccc1C. The summed E-state index contributed by atoms with van der Waals surface area (Å²) in [5, 5.41) is 2.19. The van der Waals surface area contributed by atoms with Gasteiger partial charge in [-0.2, -0.15) is 0 Å². The Hall–Kier alpha value is -4.53. The molecule has 1 saturated heterocycles. The minimum Gasteiger partial charge on any atom is -0.493 e. The van der Waals surface area contributed by atoms with Crippen LogP contribution in [0.5, 0.6) is 17.2 Å². The number of amides is 4. The molecule has 1 fully saturated rings. The summed E-state index contributed by atoms with van der Waals surface area (Å²) >= 11 is 0. The maximum atomic E-state index is 12.9. The van der Waals surface area contributed by atoms with Crippen LogP contribution in [-0.2, 0) is 16.1 Å². The smallest absolute Gasteiger partial charge is 0.331 e. The molecule has 9 nitrogen and oxygen atoms in total. The molecule has 4 rings (SSSR count). The van der Waals surface area contributed by atoms with Crippen LogP contribution < -0.4 is 19.5 Å². The quantitative estimate of drug-likeness (QED) is 0.247. The van der Waals surface area contributed by atoms with E-state index in [0.29, 0.717) is 42.5 Å². The van der Waals surface area contributed by atoms with Gasteiger partial charge in [-0.3, -0.25) is 19.8 Å². The van der Waals surface area contributed by atoms with E-state index in [2.05, 4.69) is 5.32 Å². The molecule has 4 amide bonds. The summed E-state index contributed by atoms with van der Waals surface area (Å²) in [6.07, 6.45) is 3.51. The number of imide groups is 2. The van der Waals surface area contributed by atoms with E-state index in [-0.39, 0.29) is 12.1 Å². The van der Waals surface area contributed by atoms with Gasteiger partial charge in [0.25, 0.3) is 11.8 Å². The zero-order chi connectivity index (χ0) is 26.4. The van der Waals surface area contributed by atoms with E-state index in [1.807, 2.05) is 32.0 Å². The van der Waals surface area contributed by atoms with Crippen molar-refractivity contribution in [1.29, 1.82) is 0 Å². The fourth-order valence-corrected chi connectivity index (χ4v) is 3.74. The molecule has 0 bridgehead atoms.